The average molecular weight is 311 g/mol. The van der Waals surface area contributed by atoms with Gasteiger partial charge in [0.2, 0.25) is 5.95 Å². The molecule has 3 atom stereocenters. The largest absolute Gasteiger partial charge is 0.393 e. The van der Waals surface area contributed by atoms with E-state index in [4.69, 9.17) is 5.73 Å². The summed E-state index contributed by atoms with van der Waals surface area (Å²) in [6.07, 6.45) is -2.58. The third-order valence-electron chi connectivity index (χ3n) is 3.00. The second-order valence-electron chi connectivity index (χ2n) is 4.14. The quantitative estimate of drug-likeness (QED) is 0.837. The van der Waals surface area contributed by atoms with Gasteiger partial charge < -0.3 is 10.8 Å². The van der Waals surface area contributed by atoms with Crippen molar-refractivity contribution in [3.8, 4) is 0 Å². The zero-order chi connectivity index (χ0) is 12.8. The van der Waals surface area contributed by atoms with Crippen LogP contribution in [-0.2, 0) is 5.54 Å². The number of hydrogen-bond donors (Lipinski definition) is 2. The predicted octanol–water partition coefficient (Wildman–Crippen LogP) is 1.78. The van der Waals surface area contributed by atoms with Crippen molar-refractivity contribution in [1.29, 1.82) is 0 Å². The molecule has 0 saturated heterocycles. The SMILES string of the molecule is NC(c1cc(Br)cnc1F)(C(F)F)C1CC1O. The number of hydrogen-bond acceptors (Lipinski definition) is 3. The topological polar surface area (TPSA) is 59.1 Å². The molecule has 0 aromatic carbocycles. The van der Waals surface area contributed by atoms with E-state index in [9.17, 15) is 18.3 Å². The molecule has 0 bridgehead atoms. The third-order valence-corrected chi connectivity index (χ3v) is 3.44. The van der Waals surface area contributed by atoms with E-state index in [1.54, 1.807) is 0 Å². The number of halogens is 4. The molecule has 1 aromatic heterocycles. The zero-order valence-corrected chi connectivity index (χ0v) is 10.2. The molecular weight excluding hydrogens is 301 g/mol. The molecule has 17 heavy (non-hydrogen) atoms. The first-order valence-electron chi connectivity index (χ1n) is 4.94. The molecule has 0 radical (unpaired) electrons. The Morgan fingerprint density at radius 3 is 2.65 bits per heavy atom. The maximum absolute atomic E-state index is 13.5. The van der Waals surface area contributed by atoms with Crippen LogP contribution < -0.4 is 5.73 Å². The van der Waals surface area contributed by atoms with Gasteiger partial charge in [0.15, 0.2) is 0 Å². The minimum absolute atomic E-state index is 0.146. The molecule has 0 spiro atoms. The monoisotopic (exact) mass is 310 g/mol. The molecule has 1 aliphatic carbocycles. The Kier molecular flexibility index (Phi) is 3.17. The first-order valence-corrected chi connectivity index (χ1v) is 5.73. The molecule has 94 valence electrons. The molecule has 3 N–H and O–H groups in total. The lowest BCUT2D eigenvalue weighted by Gasteiger charge is -2.29. The molecule has 0 aliphatic heterocycles. The highest BCUT2D eigenvalue weighted by molar-refractivity contribution is 9.10. The van der Waals surface area contributed by atoms with E-state index < -0.39 is 29.9 Å². The number of nitrogens with two attached hydrogens (primary N) is 1. The van der Waals surface area contributed by atoms with Crippen molar-refractivity contribution in [3.05, 3.63) is 28.2 Å². The fourth-order valence-electron chi connectivity index (χ4n) is 1.90. The Labute approximate surface area is 104 Å². The van der Waals surface area contributed by atoms with Gasteiger partial charge >= 0.3 is 0 Å². The summed E-state index contributed by atoms with van der Waals surface area (Å²) in [6, 6.07) is 1.18. The summed E-state index contributed by atoms with van der Waals surface area (Å²) >= 11 is 3.03. The van der Waals surface area contributed by atoms with Gasteiger partial charge in [-0.05, 0) is 28.4 Å². The van der Waals surface area contributed by atoms with Crippen molar-refractivity contribution >= 4 is 15.9 Å². The number of pyridine rings is 1. The Hall–Kier alpha value is -0.660. The summed E-state index contributed by atoms with van der Waals surface area (Å²) in [7, 11) is 0. The maximum Gasteiger partial charge on any atom is 0.260 e. The van der Waals surface area contributed by atoms with Gasteiger partial charge in [-0.15, -0.1) is 0 Å². The van der Waals surface area contributed by atoms with Crippen molar-refractivity contribution in [1.82, 2.24) is 4.98 Å². The third kappa shape index (κ3) is 2.07. The van der Waals surface area contributed by atoms with E-state index in [1.165, 1.54) is 6.07 Å². The molecule has 1 aromatic rings. The van der Waals surface area contributed by atoms with Crippen molar-refractivity contribution < 1.29 is 18.3 Å². The van der Waals surface area contributed by atoms with Crippen LogP contribution >= 0.6 is 15.9 Å². The maximum atomic E-state index is 13.5. The van der Waals surface area contributed by atoms with Crippen LogP contribution in [0.1, 0.15) is 12.0 Å². The molecule has 3 unspecified atom stereocenters. The normalized spacial score (nSPS) is 27.0. The fraction of sp³-hybridized carbons (Fsp3) is 0.500. The standard InChI is InChI=1S/C10H10BrF3N2O/c11-4-1-6(8(12)16-3-4)10(15,9(13)14)5-2-7(5)17/h1,3,5,7,9,17H,2,15H2. The van der Waals surface area contributed by atoms with Gasteiger partial charge in [-0.25, -0.2) is 13.8 Å². The Balaban J connectivity index is 2.49. The van der Waals surface area contributed by atoms with Crippen LogP contribution in [0.3, 0.4) is 0 Å². The second kappa shape index (κ2) is 4.22. The van der Waals surface area contributed by atoms with Gasteiger partial charge in [-0.1, -0.05) is 0 Å². The first kappa shape index (κ1) is 12.8. The van der Waals surface area contributed by atoms with E-state index in [1.807, 2.05) is 0 Å². The van der Waals surface area contributed by atoms with Gasteiger partial charge in [-0.3, -0.25) is 0 Å². The van der Waals surface area contributed by atoms with E-state index in [-0.39, 0.29) is 12.0 Å². The van der Waals surface area contributed by atoms with Crippen LogP contribution in [0.4, 0.5) is 13.2 Å². The van der Waals surface area contributed by atoms with Gasteiger partial charge in [0.1, 0.15) is 5.54 Å². The molecule has 0 amide bonds. The minimum atomic E-state index is -2.98. The van der Waals surface area contributed by atoms with Crippen molar-refractivity contribution in [2.75, 3.05) is 0 Å². The highest BCUT2D eigenvalue weighted by atomic mass is 79.9. The molecule has 7 heteroatoms. The summed E-state index contributed by atoms with van der Waals surface area (Å²) in [5.41, 5.74) is 3.05. The minimum Gasteiger partial charge on any atom is -0.393 e. The zero-order valence-electron chi connectivity index (χ0n) is 8.58. The molecule has 3 nitrogen and oxygen atoms in total. The van der Waals surface area contributed by atoms with Crippen molar-refractivity contribution in [3.63, 3.8) is 0 Å². The molecular formula is C10H10BrF3N2O. The number of aliphatic hydroxyl groups excluding tert-OH is 1. The lowest BCUT2D eigenvalue weighted by Crippen LogP contribution is -2.48. The van der Waals surface area contributed by atoms with Crippen LogP contribution in [0.5, 0.6) is 0 Å². The van der Waals surface area contributed by atoms with E-state index >= 15 is 0 Å². The van der Waals surface area contributed by atoms with Crippen molar-refractivity contribution in [2.24, 2.45) is 11.7 Å². The van der Waals surface area contributed by atoms with Crippen LogP contribution in [0.15, 0.2) is 16.7 Å². The number of alkyl halides is 2. The van der Waals surface area contributed by atoms with Crippen LogP contribution in [-0.4, -0.2) is 22.6 Å². The summed E-state index contributed by atoms with van der Waals surface area (Å²) in [6.45, 7) is 0. The van der Waals surface area contributed by atoms with Gasteiger partial charge in [0.05, 0.1) is 6.10 Å². The summed E-state index contributed by atoms with van der Waals surface area (Å²) < 4.78 is 40.1. The highest BCUT2D eigenvalue weighted by Crippen LogP contribution is 2.48. The Bertz CT molecular complexity index is 446. The van der Waals surface area contributed by atoms with E-state index in [0.29, 0.717) is 4.47 Å². The van der Waals surface area contributed by atoms with Gasteiger partial charge in [-0.2, -0.15) is 4.39 Å². The van der Waals surface area contributed by atoms with Crippen LogP contribution in [0.25, 0.3) is 0 Å². The molecule has 2 rings (SSSR count). The van der Waals surface area contributed by atoms with Crippen LogP contribution in [0, 0.1) is 11.9 Å². The van der Waals surface area contributed by atoms with Gasteiger partial charge in [0, 0.05) is 22.2 Å². The molecule has 1 fully saturated rings. The number of rotatable bonds is 3. The smallest absolute Gasteiger partial charge is 0.260 e. The summed E-state index contributed by atoms with van der Waals surface area (Å²) in [4.78, 5) is 3.35. The fourth-order valence-corrected chi connectivity index (χ4v) is 2.23. The Morgan fingerprint density at radius 2 is 2.18 bits per heavy atom. The number of aromatic nitrogens is 1. The van der Waals surface area contributed by atoms with Crippen molar-refractivity contribution in [2.45, 2.75) is 24.5 Å². The van der Waals surface area contributed by atoms with Crippen LogP contribution in [0.2, 0.25) is 0 Å². The summed E-state index contributed by atoms with van der Waals surface area (Å²) in [5, 5.41) is 9.26. The molecule has 1 heterocycles. The predicted molar refractivity (Wildman–Crippen MR) is 57.9 cm³/mol. The second-order valence-corrected chi connectivity index (χ2v) is 5.05. The lowest BCUT2D eigenvalue weighted by molar-refractivity contribution is 0.0257. The van der Waals surface area contributed by atoms with Gasteiger partial charge in [0.25, 0.3) is 6.43 Å². The highest BCUT2D eigenvalue weighted by Gasteiger charge is 2.57. The number of aliphatic hydroxyl groups is 1. The van der Waals surface area contributed by atoms with E-state index in [2.05, 4.69) is 20.9 Å². The molecule has 1 saturated carbocycles. The Morgan fingerprint density at radius 1 is 1.59 bits per heavy atom. The van der Waals surface area contributed by atoms with E-state index in [0.717, 1.165) is 6.20 Å². The summed E-state index contributed by atoms with van der Waals surface area (Å²) in [5.74, 6) is -1.87. The first-order chi connectivity index (χ1) is 7.87. The molecule has 1 aliphatic rings. The average Bonchev–Trinajstić information content (AvgIpc) is 2.98. The lowest BCUT2D eigenvalue weighted by atomic mass is 9.87. The number of nitrogens with zero attached hydrogens (tertiary/aromatic N) is 1.